The van der Waals surface area contributed by atoms with Gasteiger partial charge in [0.15, 0.2) is 0 Å². The van der Waals surface area contributed by atoms with Gasteiger partial charge in [-0.3, -0.25) is 9.69 Å². The van der Waals surface area contributed by atoms with Crippen LogP contribution in [0.4, 0.5) is 10.5 Å². The largest absolute Gasteiger partial charge is 0.472 e. The summed E-state index contributed by atoms with van der Waals surface area (Å²) in [7, 11) is 0. The number of rotatable bonds is 5. The van der Waals surface area contributed by atoms with E-state index in [9.17, 15) is 9.59 Å². The number of hydrogen-bond donors (Lipinski definition) is 0. The lowest BCUT2D eigenvalue weighted by molar-refractivity contribution is -0.130. The number of halogens is 1. The van der Waals surface area contributed by atoms with Gasteiger partial charge in [0.05, 0.1) is 11.0 Å². The summed E-state index contributed by atoms with van der Waals surface area (Å²) in [5.41, 5.74) is 0.859. The molecule has 1 aromatic heterocycles. The van der Waals surface area contributed by atoms with E-state index in [1.807, 2.05) is 42.5 Å². The quantitative estimate of drug-likeness (QED) is 0.710. The fraction of sp³-hybridized carbons (Fsp3) is 0.350. The molecule has 0 N–H and O–H groups in total. The van der Waals surface area contributed by atoms with E-state index in [1.54, 1.807) is 20.9 Å². The van der Waals surface area contributed by atoms with Crippen LogP contribution in [-0.4, -0.2) is 65.5 Å². The van der Waals surface area contributed by atoms with Gasteiger partial charge in [0.2, 0.25) is 11.8 Å². The van der Waals surface area contributed by atoms with Gasteiger partial charge in [0, 0.05) is 37.9 Å². The summed E-state index contributed by atoms with van der Waals surface area (Å²) in [5.74, 6) is 0.490. The maximum atomic E-state index is 12.7. The van der Waals surface area contributed by atoms with E-state index in [0.717, 1.165) is 16.6 Å². The molecule has 2 aliphatic rings. The van der Waals surface area contributed by atoms with Crippen molar-refractivity contribution < 1.29 is 14.3 Å². The number of likely N-dealkylation sites (tertiary alicyclic amines) is 1. The minimum atomic E-state index is -0.121. The first-order chi connectivity index (χ1) is 13.6. The fourth-order valence-electron chi connectivity index (χ4n) is 3.51. The van der Waals surface area contributed by atoms with Gasteiger partial charge in [-0.2, -0.15) is 0 Å². The number of carbonyl (C=O) groups is 2. The van der Waals surface area contributed by atoms with Crippen LogP contribution >= 0.6 is 15.9 Å². The maximum absolute atomic E-state index is 12.7. The minimum absolute atomic E-state index is 0.0468. The normalized spacial score (nSPS) is 19.4. The molecule has 0 aliphatic carbocycles. The SMILES string of the molecule is O=C(CN1CCN(c2ccccc2)C1=O)N1CCC(Oc2ncccc2Br)C1. The molecule has 7 nitrogen and oxygen atoms in total. The first-order valence-electron chi connectivity index (χ1n) is 9.28. The Labute approximate surface area is 172 Å². The summed E-state index contributed by atoms with van der Waals surface area (Å²) in [4.78, 5) is 34.6. The van der Waals surface area contributed by atoms with Crippen LogP contribution in [0.15, 0.2) is 53.1 Å². The van der Waals surface area contributed by atoms with Crippen molar-refractivity contribution >= 4 is 33.6 Å². The second kappa shape index (κ2) is 8.18. The predicted octanol–water partition coefficient (Wildman–Crippen LogP) is 2.77. The Kier molecular flexibility index (Phi) is 5.47. The lowest BCUT2D eigenvalue weighted by Gasteiger charge is -2.22. The van der Waals surface area contributed by atoms with Gasteiger partial charge in [-0.25, -0.2) is 9.78 Å². The topological polar surface area (TPSA) is 66.0 Å². The molecule has 2 saturated heterocycles. The van der Waals surface area contributed by atoms with Crippen molar-refractivity contribution in [2.45, 2.75) is 12.5 Å². The molecule has 0 bridgehead atoms. The van der Waals surface area contributed by atoms with Crippen LogP contribution in [-0.2, 0) is 4.79 Å². The number of aromatic nitrogens is 1. The van der Waals surface area contributed by atoms with Gasteiger partial charge < -0.3 is 14.5 Å². The smallest absolute Gasteiger partial charge is 0.325 e. The highest BCUT2D eigenvalue weighted by molar-refractivity contribution is 9.10. The number of anilines is 1. The van der Waals surface area contributed by atoms with Gasteiger partial charge in [-0.05, 0) is 40.2 Å². The van der Waals surface area contributed by atoms with Crippen LogP contribution in [0.1, 0.15) is 6.42 Å². The summed E-state index contributed by atoms with van der Waals surface area (Å²) in [6, 6.07) is 13.1. The molecule has 4 rings (SSSR count). The van der Waals surface area contributed by atoms with E-state index in [1.165, 1.54) is 0 Å². The van der Waals surface area contributed by atoms with Crippen LogP contribution in [0.3, 0.4) is 0 Å². The van der Waals surface area contributed by atoms with Crippen molar-refractivity contribution in [3.05, 3.63) is 53.1 Å². The van der Waals surface area contributed by atoms with Crippen LogP contribution in [0.2, 0.25) is 0 Å². The highest BCUT2D eigenvalue weighted by atomic mass is 79.9. The number of benzene rings is 1. The molecule has 1 unspecified atom stereocenters. The zero-order valence-electron chi connectivity index (χ0n) is 15.3. The summed E-state index contributed by atoms with van der Waals surface area (Å²) in [5, 5.41) is 0. The fourth-order valence-corrected chi connectivity index (χ4v) is 3.86. The Hall–Kier alpha value is -2.61. The Morgan fingerprint density at radius 1 is 1.14 bits per heavy atom. The Bertz CT molecular complexity index is 864. The number of pyridine rings is 1. The summed E-state index contributed by atoms with van der Waals surface area (Å²) in [6.45, 7) is 2.37. The molecule has 2 aromatic rings. The van der Waals surface area contributed by atoms with E-state index in [0.29, 0.717) is 32.1 Å². The number of nitrogens with zero attached hydrogens (tertiary/aromatic N) is 4. The molecular formula is C20H21BrN4O3. The molecule has 28 heavy (non-hydrogen) atoms. The highest BCUT2D eigenvalue weighted by Crippen LogP contribution is 2.25. The van der Waals surface area contributed by atoms with E-state index < -0.39 is 0 Å². The molecule has 146 valence electrons. The third-order valence-electron chi connectivity index (χ3n) is 4.99. The summed E-state index contributed by atoms with van der Waals surface area (Å²) < 4.78 is 6.71. The third kappa shape index (κ3) is 3.96. The lowest BCUT2D eigenvalue weighted by atomic mass is 10.3. The molecule has 0 spiro atoms. The van der Waals surface area contributed by atoms with E-state index in [-0.39, 0.29) is 24.6 Å². The second-order valence-corrected chi connectivity index (χ2v) is 7.70. The van der Waals surface area contributed by atoms with Crippen molar-refractivity contribution in [2.75, 3.05) is 37.6 Å². The Morgan fingerprint density at radius 3 is 2.75 bits per heavy atom. The minimum Gasteiger partial charge on any atom is -0.472 e. The number of para-hydroxylation sites is 1. The lowest BCUT2D eigenvalue weighted by Crippen LogP contribution is -2.42. The third-order valence-corrected chi connectivity index (χ3v) is 5.59. The zero-order chi connectivity index (χ0) is 19.5. The van der Waals surface area contributed by atoms with Crippen LogP contribution < -0.4 is 9.64 Å². The van der Waals surface area contributed by atoms with Crippen LogP contribution in [0.25, 0.3) is 0 Å². The number of carbonyl (C=O) groups excluding carboxylic acids is 2. The van der Waals surface area contributed by atoms with Crippen molar-refractivity contribution in [1.82, 2.24) is 14.8 Å². The molecule has 1 atom stereocenters. The highest BCUT2D eigenvalue weighted by Gasteiger charge is 2.34. The van der Waals surface area contributed by atoms with Crippen molar-refractivity contribution in [3.8, 4) is 5.88 Å². The number of urea groups is 1. The maximum Gasteiger partial charge on any atom is 0.325 e. The molecule has 3 heterocycles. The molecule has 2 aliphatic heterocycles. The van der Waals surface area contributed by atoms with Gasteiger partial charge in [0.1, 0.15) is 12.6 Å². The summed E-state index contributed by atoms with van der Waals surface area (Å²) >= 11 is 3.42. The van der Waals surface area contributed by atoms with E-state index >= 15 is 0 Å². The van der Waals surface area contributed by atoms with Crippen LogP contribution in [0, 0.1) is 0 Å². The van der Waals surface area contributed by atoms with Gasteiger partial charge in [-0.15, -0.1) is 0 Å². The van der Waals surface area contributed by atoms with Crippen LogP contribution in [0.5, 0.6) is 5.88 Å². The second-order valence-electron chi connectivity index (χ2n) is 6.85. The first-order valence-corrected chi connectivity index (χ1v) is 10.1. The number of ether oxygens (including phenoxy) is 1. The average molecular weight is 445 g/mol. The monoisotopic (exact) mass is 444 g/mol. The molecule has 3 amide bonds. The van der Waals surface area contributed by atoms with Crippen molar-refractivity contribution in [1.29, 1.82) is 0 Å². The number of amides is 3. The molecule has 0 saturated carbocycles. The van der Waals surface area contributed by atoms with Crippen molar-refractivity contribution in [3.63, 3.8) is 0 Å². The van der Waals surface area contributed by atoms with Gasteiger partial charge in [-0.1, -0.05) is 18.2 Å². The zero-order valence-corrected chi connectivity index (χ0v) is 16.9. The number of hydrogen-bond acceptors (Lipinski definition) is 4. The Morgan fingerprint density at radius 2 is 1.96 bits per heavy atom. The molecule has 8 heteroatoms. The molecular weight excluding hydrogens is 424 g/mol. The molecule has 1 aromatic carbocycles. The van der Waals surface area contributed by atoms with E-state index in [2.05, 4.69) is 20.9 Å². The summed E-state index contributed by atoms with van der Waals surface area (Å²) in [6.07, 6.45) is 2.33. The van der Waals surface area contributed by atoms with E-state index in [4.69, 9.17) is 4.74 Å². The first kappa shape index (κ1) is 18.7. The van der Waals surface area contributed by atoms with Crippen molar-refractivity contribution in [2.24, 2.45) is 0 Å². The van der Waals surface area contributed by atoms with Gasteiger partial charge >= 0.3 is 6.03 Å². The Balaban J connectivity index is 1.31. The predicted molar refractivity (Wildman–Crippen MR) is 108 cm³/mol. The van der Waals surface area contributed by atoms with Gasteiger partial charge in [0.25, 0.3) is 0 Å². The molecule has 2 fully saturated rings. The molecule has 0 radical (unpaired) electrons. The average Bonchev–Trinajstić information content (AvgIpc) is 3.32. The standard InChI is InChI=1S/C20H21BrN4O3/c21-17-7-4-9-22-19(17)28-16-8-10-23(13-16)18(26)14-24-11-12-25(20(24)27)15-5-2-1-3-6-15/h1-7,9,16H,8,10-14H2.